The summed E-state index contributed by atoms with van der Waals surface area (Å²) in [4.78, 5) is -0.265. The van der Waals surface area contributed by atoms with E-state index < -0.39 is 23.6 Å². The van der Waals surface area contributed by atoms with Crippen LogP contribution in [0.1, 0.15) is 0 Å². The number of hydrogen-bond donors (Lipinski definition) is 2. The Morgan fingerprint density at radius 2 is 1.86 bits per heavy atom. The predicted molar refractivity (Wildman–Crippen MR) is 44.7 cm³/mol. The van der Waals surface area contributed by atoms with Gasteiger partial charge in [-0.2, -0.15) is 0 Å². The van der Waals surface area contributed by atoms with Crippen LogP contribution in [0.2, 0.25) is 0 Å². The Balaban J connectivity index is 3.04. The first-order valence-electron chi connectivity index (χ1n) is 3.33. The summed E-state index contributed by atoms with van der Waals surface area (Å²) >= 11 is 3.59. The largest absolute Gasteiger partial charge is 0.573 e. The molecule has 1 aromatic rings. The van der Waals surface area contributed by atoms with Crippen molar-refractivity contribution < 1.29 is 22.3 Å². The number of rotatable bonds is 1. The monoisotopic (exact) mass is 227 g/mol. The summed E-state index contributed by atoms with van der Waals surface area (Å²) in [6.45, 7) is 0. The van der Waals surface area contributed by atoms with E-state index in [9.17, 15) is 17.6 Å². The van der Waals surface area contributed by atoms with Gasteiger partial charge in [-0.15, -0.1) is 25.8 Å². The fraction of sp³-hybridized carbons (Fsp3) is 0.143. The normalized spacial score (nSPS) is 11.5. The van der Waals surface area contributed by atoms with Gasteiger partial charge in [-0.3, -0.25) is 0 Å². The van der Waals surface area contributed by atoms with Gasteiger partial charge in [-0.1, -0.05) is 0 Å². The number of benzene rings is 1. The molecular weight excluding hydrogens is 222 g/mol. The number of nitrogen functional groups attached to an aromatic ring is 1. The standard InChI is InChI=1S/C7H5F4NOS/c8-3-1-4(12)5(2-6(3)14)13-7(9,10)11/h1-2,14H,12H2. The lowest BCUT2D eigenvalue weighted by molar-refractivity contribution is -0.274. The van der Waals surface area contributed by atoms with Crippen molar-refractivity contribution in [1.29, 1.82) is 0 Å². The minimum Gasteiger partial charge on any atom is -0.404 e. The molecule has 0 aromatic heterocycles. The van der Waals surface area contributed by atoms with Crippen LogP contribution in [-0.4, -0.2) is 6.36 Å². The number of ether oxygens (including phenoxy) is 1. The zero-order chi connectivity index (χ0) is 10.9. The van der Waals surface area contributed by atoms with Crippen molar-refractivity contribution in [3.8, 4) is 5.75 Å². The van der Waals surface area contributed by atoms with Gasteiger partial charge >= 0.3 is 6.36 Å². The van der Waals surface area contributed by atoms with Crippen molar-refractivity contribution in [2.45, 2.75) is 11.3 Å². The van der Waals surface area contributed by atoms with Gasteiger partial charge in [0.2, 0.25) is 0 Å². The molecule has 0 aliphatic rings. The van der Waals surface area contributed by atoms with Crippen LogP contribution in [-0.2, 0) is 0 Å². The smallest absolute Gasteiger partial charge is 0.404 e. The van der Waals surface area contributed by atoms with E-state index in [1.54, 1.807) is 0 Å². The average Bonchev–Trinajstić information content (AvgIpc) is 1.97. The van der Waals surface area contributed by atoms with Gasteiger partial charge in [-0.05, 0) is 6.07 Å². The lowest BCUT2D eigenvalue weighted by atomic mass is 10.3. The quantitative estimate of drug-likeness (QED) is 0.439. The SMILES string of the molecule is Nc1cc(F)c(S)cc1OC(F)(F)F. The number of alkyl halides is 3. The third-order valence-electron chi connectivity index (χ3n) is 1.30. The van der Waals surface area contributed by atoms with Gasteiger partial charge in [0.15, 0.2) is 5.75 Å². The van der Waals surface area contributed by atoms with E-state index in [0.717, 1.165) is 6.07 Å². The van der Waals surface area contributed by atoms with E-state index >= 15 is 0 Å². The summed E-state index contributed by atoms with van der Waals surface area (Å²) in [6, 6.07) is 1.48. The molecule has 2 nitrogen and oxygen atoms in total. The molecule has 2 N–H and O–H groups in total. The highest BCUT2D eigenvalue weighted by molar-refractivity contribution is 7.80. The molecule has 0 fully saturated rings. The zero-order valence-corrected chi connectivity index (χ0v) is 7.49. The summed E-state index contributed by atoms with van der Waals surface area (Å²) in [6.07, 6.45) is -4.85. The Morgan fingerprint density at radius 3 is 2.36 bits per heavy atom. The lowest BCUT2D eigenvalue weighted by Crippen LogP contribution is -2.18. The van der Waals surface area contributed by atoms with Crippen molar-refractivity contribution in [3.63, 3.8) is 0 Å². The van der Waals surface area contributed by atoms with Crippen LogP contribution >= 0.6 is 12.6 Å². The molecule has 0 aliphatic heterocycles. The van der Waals surface area contributed by atoms with Gasteiger partial charge in [0.1, 0.15) is 5.82 Å². The molecule has 7 heteroatoms. The highest BCUT2D eigenvalue weighted by Gasteiger charge is 2.32. The molecule has 0 bridgehead atoms. The predicted octanol–water partition coefficient (Wildman–Crippen LogP) is 2.60. The van der Waals surface area contributed by atoms with Gasteiger partial charge < -0.3 is 10.5 Å². The van der Waals surface area contributed by atoms with E-state index in [2.05, 4.69) is 17.4 Å². The van der Waals surface area contributed by atoms with Crippen LogP contribution in [0.25, 0.3) is 0 Å². The first-order chi connectivity index (χ1) is 6.29. The van der Waals surface area contributed by atoms with E-state index in [4.69, 9.17) is 5.73 Å². The molecule has 0 saturated carbocycles. The van der Waals surface area contributed by atoms with Gasteiger partial charge in [0.25, 0.3) is 0 Å². The summed E-state index contributed by atoms with van der Waals surface area (Å²) < 4.78 is 51.5. The van der Waals surface area contributed by atoms with Crippen molar-refractivity contribution in [1.82, 2.24) is 0 Å². The minimum atomic E-state index is -4.85. The van der Waals surface area contributed by atoms with E-state index in [1.807, 2.05) is 0 Å². The number of nitrogens with two attached hydrogens (primary N) is 1. The molecular formula is C7H5F4NOS. The second-order valence-electron chi connectivity index (χ2n) is 2.39. The fourth-order valence-electron chi connectivity index (χ4n) is 0.771. The topological polar surface area (TPSA) is 35.2 Å². The van der Waals surface area contributed by atoms with Crippen LogP contribution in [0.15, 0.2) is 17.0 Å². The Kier molecular flexibility index (Phi) is 2.79. The van der Waals surface area contributed by atoms with Crippen molar-refractivity contribution in [2.75, 3.05) is 5.73 Å². The fourth-order valence-corrected chi connectivity index (χ4v) is 0.953. The third-order valence-corrected chi connectivity index (χ3v) is 1.65. The molecule has 1 rings (SSSR count). The molecule has 78 valence electrons. The van der Waals surface area contributed by atoms with Crippen molar-refractivity contribution in [3.05, 3.63) is 17.9 Å². The molecule has 0 aliphatic carbocycles. The molecule has 14 heavy (non-hydrogen) atoms. The highest BCUT2D eigenvalue weighted by atomic mass is 32.1. The van der Waals surface area contributed by atoms with Gasteiger partial charge in [-0.25, -0.2) is 4.39 Å². The maximum atomic E-state index is 12.7. The van der Waals surface area contributed by atoms with Crippen LogP contribution in [0, 0.1) is 5.82 Å². The van der Waals surface area contributed by atoms with Gasteiger partial charge in [0.05, 0.1) is 5.69 Å². The molecule has 0 saturated heterocycles. The second kappa shape index (κ2) is 3.56. The van der Waals surface area contributed by atoms with Crippen LogP contribution in [0.5, 0.6) is 5.75 Å². The lowest BCUT2D eigenvalue weighted by Gasteiger charge is -2.11. The number of anilines is 1. The zero-order valence-electron chi connectivity index (χ0n) is 6.60. The van der Waals surface area contributed by atoms with Crippen molar-refractivity contribution in [2.24, 2.45) is 0 Å². The summed E-state index contributed by atoms with van der Waals surface area (Å²) in [7, 11) is 0. The first kappa shape index (κ1) is 11.0. The molecule has 0 atom stereocenters. The van der Waals surface area contributed by atoms with Crippen LogP contribution < -0.4 is 10.5 Å². The molecule has 1 aromatic carbocycles. The van der Waals surface area contributed by atoms with Crippen LogP contribution in [0.3, 0.4) is 0 Å². The highest BCUT2D eigenvalue weighted by Crippen LogP contribution is 2.31. The third kappa shape index (κ3) is 2.69. The van der Waals surface area contributed by atoms with Gasteiger partial charge in [0, 0.05) is 11.0 Å². The Hall–Kier alpha value is -1.11. The van der Waals surface area contributed by atoms with Crippen molar-refractivity contribution >= 4 is 18.3 Å². The number of hydrogen-bond acceptors (Lipinski definition) is 3. The average molecular weight is 227 g/mol. The Morgan fingerprint density at radius 1 is 1.29 bits per heavy atom. The maximum absolute atomic E-state index is 12.7. The van der Waals surface area contributed by atoms with E-state index in [0.29, 0.717) is 6.07 Å². The summed E-state index contributed by atoms with van der Waals surface area (Å²) in [5.41, 5.74) is 4.67. The first-order valence-corrected chi connectivity index (χ1v) is 3.78. The number of halogens is 4. The van der Waals surface area contributed by atoms with Crippen LogP contribution in [0.4, 0.5) is 23.2 Å². The second-order valence-corrected chi connectivity index (χ2v) is 2.87. The summed E-state index contributed by atoms with van der Waals surface area (Å²) in [5.74, 6) is -1.47. The van der Waals surface area contributed by atoms with E-state index in [1.165, 1.54) is 0 Å². The number of thiol groups is 1. The Bertz CT molecular complexity index is 352. The minimum absolute atomic E-state index is 0.265. The molecule has 0 radical (unpaired) electrons. The molecule has 0 heterocycles. The molecule has 0 unspecified atom stereocenters. The maximum Gasteiger partial charge on any atom is 0.573 e. The van der Waals surface area contributed by atoms with E-state index in [-0.39, 0.29) is 4.90 Å². The summed E-state index contributed by atoms with van der Waals surface area (Å²) in [5, 5.41) is 0. The Labute approximate surface area is 82.1 Å². The molecule has 0 spiro atoms. The molecule has 0 amide bonds.